The number of carbonyl (C=O) groups excluding carboxylic acids is 3. The first-order chi connectivity index (χ1) is 47.7. The van der Waals surface area contributed by atoms with Crippen LogP contribution in [0.5, 0.6) is 0 Å². The van der Waals surface area contributed by atoms with Gasteiger partial charge in [0.05, 0.1) is 43.3 Å². The van der Waals surface area contributed by atoms with Gasteiger partial charge in [-0.2, -0.15) is 39.5 Å². The van der Waals surface area contributed by atoms with Gasteiger partial charge in [-0.25, -0.2) is 43.1 Å². The van der Waals surface area contributed by atoms with E-state index in [4.69, 9.17) is 40.4 Å². The summed E-state index contributed by atoms with van der Waals surface area (Å²) >= 11 is 11.8. The molecule has 3 saturated heterocycles. The van der Waals surface area contributed by atoms with Crippen LogP contribution in [-0.4, -0.2) is 155 Å². The van der Waals surface area contributed by atoms with Crippen molar-refractivity contribution < 1.29 is 67.1 Å². The number of benzene rings is 3. The van der Waals surface area contributed by atoms with Crippen molar-refractivity contribution in [1.29, 1.82) is 0 Å². The third-order valence-corrected chi connectivity index (χ3v) is 17.0. The maximum atomic E-state index is 14.6. The minimum absolute atomic E-state index is 0. The Morgan fingerprint density at radius 1 is 0.410 bits per heavy atom. The van der Waals surface area contributed by atoms with E-state index in [1.54, 1.807) is 19.6 Å². The molecule has 0 atom stereocenters. The average Bonchev–Trinajstić information content (AvgIpc) is 0.750. The van der Waals surface area contributed by atoms with Gasteiger partial charge in [0.25, 0.3) is 16.7 Å². The molecule has 3 fully saturated rings. The summed E-state index contributed by atoms with van der Waals surface area (Å²) in [7, 11) is 0. The molecule has 105 heavy (non-hydrogen) atoms. The Morgan fingerprint density at radius 3 is 0.933 bits per heavy atom. The van der Waals surface area contributed by atoms with Gasteiger partial charge in [0, 0.05) is 78.5 Å². The summed E-state index contributed by atoms with van der Waals surface area (Å²) in [5.41, 5.74) is 4.51. The largest absolute Gasteiger partial charge is 0.431 e. The summed E-state index contributed by atoms with van der Waals surface area (Å²) in [6.45, 7) is 13.6. The topological polar surface area (TPSA) is 292 Å². The lowest BCUT2D eigenvalue weighted by molar-refractivity contribution is -0.143. The second kappa shape index (κ2) is 32.6. The normalized spacial score (nSPS) is 14.0. The minimum Gasteiger partial charge on any atom is -0.397 e. The van der Waals surface area contributed by atoms with E-state index in [-0.39, 0.29) is 192 Å². The molecule has 38 heteroatoms. The molecule has 0 saturated carbocycles. The molecule has 9 heterocycles. The number of nitrogens with two attached hydrogens (primary N) is 3. The van der Waals surface area contributed by atoms with Gasteiger partial charge in [0.2, 0.25) is 17.7 Å². The first-order valence-corrected chi connectivity index (χ1v) is 30.4. The second-order valence-corrected chi connectivity index (χ2v) is 23.0. The fourth-order valence-electron chi connectivity index (χ4n) is 11.5. The van der Waals surface area contributed by atoms with E-state index in [0.29, 0.717) is 25.2 Å². The van der Waals surface area contributed by atoms with E-state index in [9.17, 15) is 81.5 Å². The van der Waals surface area contributed by atoms with Crippen LogP contribution in [0.1, 0.15) is 46.8 Å². The molecule has 0 unspecified atom stereocenters. The van der Waals surface area contributed by atoms with Crippen LogP contribution in [0.2, 0.25) is 10.0 Å². The van der Waals surface area contributed by atoms with Crippen LogP contribution in [0.25, 0.3) is 49.8 Å². The highest BCUT2D eigenvalue weighted by Gasteiger charge is 2.41. The first kappa shape index (κ1) is 82.7. The van der Waals surface area contributed by atoms with Crippen LogP contribution in [0, 0.1) is 17.5 Å². The number of hydrogen-bond acceptors (Lipinski definition) is 18. The van der Waals surface area contributed by atoms with Crippen molar-refractivity contribution in [2.24, 2.45) is 0 Å². The summed E-state index contributed by atoms with van der Waals surface area (Å²) in [6.07, 6.45) is -8.46. The molecule has 0 aliphatic carbocycles. The lowest BCUT2D eigenvalue weighted by atomic mass is 10.1. The maximum absolute atomic E-state index is 14.6. The molecule has 3 amide bonds. The molecule has 6 N–H and O–H groups in total. The van der Waals surface area contributed by atoms with Gasteiger partial charge in [0.15, 0.2) is 0 Å². The number of anilines is 6. The lowest BCUT2D eigenvalue weighted by Gasteiger charge is -2.35. The van der Waals surface area contributed by atoms with Crippen molar-refractivity contribution in [3.05, 3.63) is 193 Å². The van der Waals surface area contributed by atoms with Crippen LogP contribution in [0.4, 0.5) is 87.2 Å². The van der Waals surface area contributed by atoms with E-state index in [0.717, 1.165) is 55.4 Å². The molecule has 0 radical (unpaired) electrons. The van der Waals surface area contributed by atoms with E-state index >= 15 is 0 Å². The molecule has 3 aliphatic heterocycles. The fourth-order valence-corrected chi connectivity index (χ4v) is 11.8. The maximum Gasteiger partial charge on any atom is 0.431 e. The average molecular weight is 1520 g/mol. The number of nitrogen functional groups attached to an aromatic ring is 3. The van der Waals surface area contributed by atoms with Crippen molar-refractivity contribution in [3.63, 3.8) is 0 Å². The predicted molar refractivity (Wildman–Crippen MR) is 377 cm³/mol. The summed E-state index contributed by atoms with van der Waals surface area (Å²) in [5.74, 6) is -3.91. The van der Waals surface area contributed by atoms with E-state index in [1.165, 1.54) is 40.2 Å². The number of fused-ring (bicyclic) bond motifs is 3. The minimum atomic E-state index is -5.06. The molecule has 0 spiro atoms. The third kappa shape index (κ3) is 16.2. The Hall–Kier alpha value is -11.3. The summed E-state index contributed by atoms with van der Waals surface area (Å²) < 4.78 is 171. The number of rotatable bonds is 9. The standard InChI is InChI=1S/2C21H17ClF4N6O2.C21H18F4N6O2.4CH4/c2*1-2-15(33)30-5-7-31(8-6-30)19-11-9-14(21(24,25)26)32(20(34)17(11)28-10-29-19)18-13(23)4-3-12(22)16(18)27;1-2-16(32)29-6-8-30(9-7-29)19-12-10-15(21(23,24)25)31(20(33)17(12)27-11-28-19)18-13(22)4-3-5-14(18)26;;;;/h2*2-4,9-10H,1,5-8,27H2;2-5,10-11H,1,6-9,26H2;4*1H4. The number of carbonyl (C=O) groups is 3. The second-order valence-electron chi connectivity index (χ2n) is 22.2. The summed E-state index contributed by atoms with van der Waals surface area (Å²) in [6, 6.07) is 9.23. The van der Waals surface area contributed by atoms with Gasteiger partial charge in [0.1, 0.15) is 105 Å². The van der Waals surface area contributed by atoms with Crippen LogP contribution in [0.3, 0.4) is 0 Å². The molecule has 24 nitrogen and oxygen atoms in total. The molecule has 3 aliphatic rings. The number of aromatic nitrogens is 9. The number of para-hydroxylation sites is 1. The van der Waals surface area contributed by atoms with Gasteiger partial charge >= 0.3 is 18.5 Å². The monoisotopic (exact) mass is 1520 g/mol. The van der Waals surface area contributed by atoms with E-state index in [1.807, 2.05) is 0 Å². The van der Waals surface area contributed by atoms with Crippen molar-refractivity contribution in [2.45, 2.75) is 48.2 Å². The number of amides is 3. The molecule has 3 aromatic carbocycles. The molecular weight excluding hydrogens is 1450 g/mol. The van der Waals surface area contributed by atoms with Gasteiger partial charge < -0.3 is 46.6 Å². The molecular formula is C67H68Cl2F12N18O6. The summed E-state index contributed by atoms with van der Waals surface area (Å²) in [4.78, 5) is 109. The third-order valence-electron chi connectivity index (χ3n) is 16.4. The number of pyridine rings is 3. The molecule has 12 rings (SSSR count). The number of piperazine rings is 3. The molecule has 6 aromatic heterocycles. The van der Waals surface area contributed by atoms with Crippen molar-refractivity contribution in [1.82, 2.24) is 58.3 Å². The van der Waals surface area contributed by atoms with Crippen LogP contribution < -0.4 is 48.6 Å². The van der Waals surface area contributed by atoms with Crippen molar-refractivity contribution in [3.8, 4) is 17.1 Å². The summed E-state index contributed by atoms with van der Waals surface area (Å²) in [5, 5.41) is -0.899. The SMILES string of the molecule is C.C.C.C.C=CC(=O)N1CCN(c2ncnc3c(=O)n(-c4c(F)ccc(Cl)c4N)c(C(F)(F)F)cc23)CC1.C=CC(=O)N1CCN(c2ncnc3c(=O)n(-c4c(F)ccc(Cl)c4N)c(C(F)(F)F)cc23)CC1.C=CC(=O)N1CCN(c2ncnc3c(=O)n(-c4c(N)cccc4F)c(C(F)(F)F)cc23)CC1. The number of hydrogen-bond donors (Lipinski definition) is 3. The predicted octanol–water partition coefficient (Wildman–Crippen LogP) is 10.9. The van der Waals surface area contributed by atoms with Gasteiger partial charge in [-0.15, -0.1) is 0 Å². The molecule has 560 valence electrons. The van der Waals surface area contributed by atoms with Crippen LogP contribution in [-0.2, 0) is 32.9 Å². The quantitative estimate of drug-likeness (QED) is 0.0687. The Bertz CT molecular complexity index is 4800. The Labute approximate surface area is 600 Å². The highest BCUT2D eigenvalue weighted by molar-refractivity contribution is 6.34. The van der Waals surface area contributed by atoms with Crippen LogP contribution >= 0.6 is 23.2 Å². The molecule has 9 aromatic rings. The first-order valence-electron chi connectivity index (χ1n) is 29.7. The Morgan fingerprint density at radius 2 is 0.676 bits per heavy atom. The highest BCUT2D eigenvalue weighted by atomic mass is 35.5. The van der Waals surface area contributed by atoms with Gasteiger partial charge in [-0.3, -0.25) is 42.5 Å². The zero-order valence-corrected chi connectivity index (χ0v) is 53.5. The Kier molecular flexibility index (Phi) is 25.6. The van der Waals surface area contributed by atoms with Gasteiger partial charge in [-0.1, -0.05) is 78.7 Å². The van der Waals surface area contributed by atoms with Crippen LogP contribution in [0.15, 0.2) is 132 Å². The Balaban J connectivity index is 0.000000242. The van der Waals surface area contributed by atoms with Crippen molar-refractivity contribution in [2.75, 3.05) is 110 Å². The van der Waals surface area contributed by atoms with E-state index < -0.39 is 98.2 Å². The zero-order chi connectivity index (χ0) is 73.5. The van der Waals surface area contributed by atoms with Gasteiger partial charge in [-0.05, 0) is 72.8 Å². The van der Waals surface area contributed by atoms with Crippen molar-refractivity contribution >= 4 is 108 Å². The van der Waals surface area contributed by atoms with E-state index in [2.05, 4.69) is 49.6 Å². The fraction of sp³-hybridized carbons (Fsp3) is 0.284. The number of nitrogens with zero attached hydrogens (tertiary/aromatic N) is 15. The smallest absolute Gasteiger partial charge is 0.397 e. The number of alkyl halides is 9. The molecule has 0 bridgehead atoms. The number of halogens is 14. The highest BCUT2D eigenvalue weighted by Crippen LogP contribution is 2.41. The zero-order valence-electron chi connectivity index (χ0n) is 52.0. The lowest BCUT2D eigenvalue weighted by Crippen LogP contribution is -2.48.